The fourth-order valence-corrected chi connectivity index (χ4v) is 3.76. The largest absolute Gasteiger partial charge is 0.493 e. The van der Waals surface area contributed by atoms with Crippen molar-refractivity contribution < 1.29 is 31.3 Å². The minimum absolute atomic E-state index is 0.0255. The van der Waals surface area contributed by atoms with Crippen LogP contribution < -0.4 is 13.7 Å². The molecule has 0 saturated carbocycles. The van der Waals surface area contributed by atoms with Crippen molar-refractivity contribution in [1.82, 2.24) is 0 Å². The maximum absolute atomic E-state index is 14.2. The third-order valence-electron chi connectivity index (χ3n) is 3.94. The number of Topliss-reactive ketones (excluding diaryl/α,β-unsaturated/α-hetero) is 1. The standard InChI is InChI=1S/C17H15FO6S/c1-22-15-8-12(18)17(9-16(15)23-2)25(20,21)24-14-5-3-4-10-11(14)6-7-13(10)19/h3-5,8-9H,6-7H2,1-2H3. The second-order valence-corrected chi connectivity index (χ2v) is 6.90. The quantitative estimate of drug-likeness (QED) is 0.757. The van der Waals surface area contributed by atoms with Crippen LogP contribution in [0.2, 0.25) is 0 Å². The molecule has 0 spiro atoms. The lowest BCUT2D eigenvalue weighted by Gasteiger charge is -2.13. The molecular formula is C17H15FO6S. The number of halogens is 1. The number of fused-ring (bicyclic) bond motifs is 1. The second kappa shape index (κ2) is 6.36. The highest BCUT2D eigenvalue weighted by Crippen LogP contribution is 2.35. The summed E-state index contributed by atoms with van der Waals surface area (Å²) in [5, 5.41) is 0. The van der Waals surface area contributed by atoms with Crippen LogP contribution in [-0.2, 0) is 16.5 Å². The van der Waals surface area contributed by atoms with Gasteiger partial charge in [0.25, 0.3) is 0 Å². The van der Waals surface area contributed by atoms with Crippen molar-refractivity contribution in [3.8, 4) is 17.2 Å². The van der Waals surface area contributed by atoms with Crippen LogP contribution in [-0.4, -0.2) is 28.4 Å². The maximum Gasteiger partial charge on any atom is 0.342 e. The highest BCUT2D eigenvalue weighted by atomic mass is 32.2. The number of hydrogen-bond acceptors (Lipinski definition) is 6. The topological polar surface area (TPSA) is 78.9 Å². The number of ether oxygens (including phenoxy) is 2. The molecule has 0 unspecified atom stereocenters. The van der Waals surface area contributed by atoms with Crippen molar-refractivity contribution in [1.29, 1.82) is 0 Å². The lowest BCUT2D eigenvalue weighted by molar-refractivity contribution is 0.0994. The van der Waals surface area contributed by atoms with Gasteiger partial charge in [-0.25, -0.2) is 4.39 Å². The summed E-state index contributed by atoms with van der Waals surface area (Å²) < 4.78 is 54.4. The van der Waals surface area contributed by atoms with E-state index in [0.717, 1.165) is 12.1 Å². The van der Waals surface area contributed by atoms with Crippen LogP contribution in [0, 0.1) is 5.82 Å². The number of rotatable bonds is 5. The Bertz CT molecular complexity index is 952. The molecule has 1 aliphatic carbocycles. The number of methoxy groups -OCH3 is 2. The van der Waals surface area contributed by atoms with E-state index < -0.39 is 20.8 Å². The Balaban J connectivity index is 2.03. The van der Waals surface area contributed by atoms with Gasteiger partial charge in [-0.05, 0) is 12.5 Å². The average Bonchev–Trinajstić information content (AvgIpc) is 2.96. The van der Waals surface area contributed by atoms with E-state index in [4.69, 9.17) is 13.7 Å². The number of hydrogen-bond donors (Lipinski definition) is 0. The van der Waals surface area contributed by atoms with E-state index >= 15 is 0 Å². The molecule has 2 aromatic rings. The summed E-state index contributed by atoms with van der Waals surface area (Å²) >= 11 is 0. The Hall–Kier alpha value is -2.61. The van der Waals surface area contributed by atoms with E-state index in [1.165, 1.54) is 26.4 Å². The van der Waals surface area contributed by atoms with Gasteiger partial charge in [-0.15, -0.1) is 0 Å². The first-order chi connectivity index (χ1) is 11.9. The van der Waals surface area contributed by atoms with E-state index in [1.807, 2.05) is 0 Å². The molecule has 0 aliphatic heterocycles. The molecule has 1 aliphatic rings. The van der Waals surface area contributed by atoms with Gasteiger partial charge in [0, 0.05) is 29.7 Å². The number of carbonyl (C=O) groups excluding carboxylic acids is 1. The molecule has 0 amide bonds. The van der Waals surface area contributed by atoms with Crippen LogP contribution in [0.1, 0.15) is 22.3 Å². The molecule has 0 aromatic heterocycles. The highest BCUT2D eigenvalue weighted by Gasteiger charge is 2.28. The predicted octanol–water partition coefficient (Wildman–Crippen LogP) is 2.74. The van der Waals surface area contributed by atoms with Gasteiger partial charge in [-0.2, -0.15) is 8.42 Å². The van der Waals surface area contributed by atoms with Crippen molar-refractivity contribution in [3.63, 3.8) is 0 Å². The number of carbonyl (C=O) groups is 1. The molecule has 0 atom stereocenters. The van der Waals surface area contributed by atoms with Crippen LogP contribution in [0.25, 0.3) is 0 Å². The van der Waals surface area contributed by atoms with Gasteiger partial charge in [0.2, 0.25) is 0 Å². The Kier molecular flexibility index (Phi) is 4.38. The third-order valence-corrected chi connectivity index (χ3v) is 5.19. The van der Waals surface area contributed by atoms with Crippen LogP contribution in [0.4, 0.5) is 4.39 Å². The van der Waals surface area contributed by atoms with E-state index in [1.54, 1.807) is 6.07 Å². The summed E-state index contributed by atoms with van der Waals surface area (Å²) in [6.45, 7) is 0. The summed E-state index contributed by atoms with van der Waals surface area (Å²) in [6.07, 6.45) is 0.675. The number of ketones is 1. The molecule has 25 heavy (non-hydrogen) atoms. The molecule has 2 aromatic carbocycles. The van der Waals surface area contributed by atoms with Gasteiger partial charge in [0.05, 0.1) is 14.2 Å². The second-order valence-electron chi connectivity index (χ2n) is 5.38. The fourth-order valence-electron chi connectivity index (χ4n) is 2.73. The minimum atomic E-state index is -4.46. The molecule has 0 fully saturated rings. The molecule has 6 nitrogen and oxygen atoms in total. The number of benzene rings is 2. The van der Waals surface area contributed by atoms with Gasteiger partial charge in [0.15, 0.2) is 17.3 Å². The Morgan fingerprint density at radius 1 is 1.00 bits per heavy atom. The third kappa shape index (κ3) is 3.05. The van der Waals surface area contributed by atoms with Crippen LogP contribution in [0.15, 0.2) is 35.2 Å². The molecule has 0 N–H and O–H groups in total. The smallest absolute Gasteiger partial charge is 0.342 e. The van der Waals surface area contributed by atoms with E-state index in [-0.39, 0.29) is 23.0 Å². The first-order valence-electron chi connectivity index (χ1n) is 7.38. The van der Waals surface area contributed by atoms with Crippen LogP contribution in [0.3, 0.4) is 0 Å². The molecule has 0 saturated heterocycles. The molecule has 0 bridgehead atoms. The monoisotopic (exact) mass is 366 g/mol. The summed E-state index contributed by atoms with van der Waals surface area (Å²) in [4.78, 5) is 11.1. The van der Waals surface area contributed by atoms with Crippen molar-refractivity contribution in [2.24, 2.45) is 0 Å². The van der Waals surface area contributed by atoms with Crippen LogP contribution in [0.5, 0.6) is 17.2 Å². The lowest BCUT2D eigenvalue weighted by Crippen LogP contribution is -2.13. The average molecular weight is 366 g/mol. The minimum Gasteiger partial charge on any atom is -0.493 e. The van der Waals surface area contributed by atoms with Gasteiger partial charge in [0.1, 0.15) is 16.5 Å². The molecular weight excluding hydrogens is 351 g/mol. The molecule has 0 heterocycles. The zero-order chi connectivity index (χ0) is 18.2. The van der Waals surface area contributed by atoms with E-state index in [0.29, 0.717) is 24.0 Å². The normalized spacial score (nSPS) is 13.5. The van der Waals surface area contributed by atoms with Crippen molar-refractivity contribution in [2.75, 3.05) is 14.2 Å². The Labute approximate surface area is 144 Å². The summed E-state index contributed by atoms with van der Waals surface area (Å²) in [6, 6.07) is 6.48. The van der Waals surface area contributed by atoms with Crippen molar-refractivity contribution in [2.45, 2.75) is 17.7 Å². The molecule has 132 valence electrons. The van der Waals surface area contributed by atoms with E-state index in [9.17, 15) is 17.6 Å². The first kappa shape index (κ1) is 17.2. The zero-order valence-corrected chi connectivity index (χ0v) is 14.4. The summed E-state index contributed by atoms with van der Waals surface area (Å²) in [7, 11) is -1.84. The van der Waals surface area contributed by atoms with Crippen LogP contribution >= 0.6 is 0 Å². The maximum atomic E-state index is 14.2. The SMILES string of the molecule is COc1cc(F)c(S(=O)(=O)Oc2cccc3c2CCC3=O)cc1OC. The van der Waals surface area contributed by atoms with Gasteiger partial charge >= 0.3 is 10.1 Å². The fraction of sp³-hybridized carbons (Fsp3) is 0.235. The predicted molar refractivity (Wildman–Crippen MR) is 86.4 cm³/mol. The van der Waals surface area contributed by atoms with Gasteiger partial charge < -0.3 is 13.7 Å². The van der Waals surface area contributed by atoms with E-state index in [2.05, 4.69) is 0 Å². The van der Waals surface area contributed by atoms with Crippen molar-refractivity contribution in [3.05, 3.63) is 47.3 Å². The molecule has 8 heteroatoms. The first-order valence-corrected chi connectivity index (χ1v) is 8.79. The van der Waals surface area contributed by atoms with Gasteiger partial charge in [-0.3, -0.25) is 4.79 Å². The Morgan fingerprint density at radius 2 is 1.68 bits per heavy atom. The zero-order valence-electron chi connectivity index (χ0n) is 13.5. The summed E-state index contributed by atoms with van der Waals surface area (Å²) in [5.41, 5.74) is 0.942. The lowest BCUT2D eigenvalue weighted by atomic mass is 10.1. The molecule has 0 radical (unpaired) electrons. The highest BCUT2D eigenvalue weighted by molar-refractivity contribution is 7.87. The van der Waals surface area contributed by atoms with Crippen molar-refractivity contribution >= 4 is 15.9 Å². The summed E-state index contributed by atoms with van der Waals surface area (Å²) in [5.74, 6) is -0.960. The van der Waals surface area contributed by atoms with Gasteiger partial charge in [-0.1, -0.05) is 12.1 Å². The molecule has 3 rings (SSSR count). The Morgan fingerprint density at radius 3 is 2.36 bits per heavy atom.